The number of nitrogens with two attached hydrogens (primary N) is 1. The summed E-state index contributed by atoms with van der Waals surface area (Å²) in [7, 11) is 1.63. The summed E-state index contributed by atoms with van der Waals surface area (Å²) in [5.74, 6) is 1.23. The molecule has 3 N–H and O–H groups in total. The summed E-state index contributed by atoms with van der Waals surface area (Å²) >= 11 is 0. The minimum absolute atomic E-state index is 0.0357. The Labute approximate surface area is 122 Å². The highest BCUT2D eigenvalue weighted by atomic mass is 16.5. The highest BCUT2D eigenvalue weighted by Gasteiger charge is 2.36. The van der Waals surface area contributed by atoms with Gasteiger partial charge in [-0.2, -0.15) is 0 Å². The second kappa shape index (κ2) is 6.04. The molecule has 1 saturated carbocycles. The van der Waals surface area contributed by atoms with Gasteiger partial charge >= 0.3 is 0 Å². The lowest BCUT2D eigenvalue weighted by molar-refractivity contribution is 0.282. The molecular formula is C17H27NO2. The molecule has 3 nitrogen and oxygen atoms in total. The summed E-state index contributed by atoms with van der Waals surface area (Å²) in [5, 5.41) is 10.3. The van der Waals surface area contributed by atoms with Crippen LogP contribution in [0.2, 0.25) is 0 Å². The second-order valence-corrected chi connectivity index (χ2v) is 6.32. The normalized spacial score (nSPS) is 18.2. The van der Waals surface area contributed by atoms with Crippen molar-refractivity contribution < 1.29 is 9.84 Å². The molecule has 2 rings (SSSR count). The van der Waals surface area contributed by atoms with Crippen LogP contribution in [0, 0.1) is 0 Å². The van der Waals surface area contributed by atoms with E-state index in [0.717, 1.165) is 24.0 Å². The van der Waals surface area contributed by atoms with Gasteiger partial charge in [0.15, 0.2) is 11.5 Å². The molecule has 0 amide bonds. The van der Waals surface area contributed by atoms with Crippen molar-refractivity contribution in [3.8, 4) is 11.5 Å². The average molecular weight is 277 g/mol. The molecule has 0 heterocycles. The maximum Gasteiger partial charge on any atom is 0.164 e. The molecule has 0 saturated heterocycles. The van der Waals surface area contributed by atoms with Crippen molar-refractivity contribution in [3.05, 3.63) is 23.3 Å². The minimum Gasteiger partial charge on any atom is -0.504 e. The molecule has 1 aliphatic rings. The molecule has 20 heavy (non-hydrogen) atoms. The Balaban J connectivity index is 2.57. The fourth-order valence-corrected chi connectivity index (χ4v) is 3.39. The molecule has 0 bridgehead atoms. The van der Waals surface area contributed by atoms with Crippen molar-refractivity contribution in [2.45, 2.75) is 57.3 Å². The lowest BCUT2D eigenvalue weighted by Crippen LogP contribution is -2.37. The molecule has 0 radical (unpaired) electrons. The van der Waals surface area contributed by atoms with Crippen LogP contribution in [0.25, 0.3) is 0 Å². The van der Waals surface area contributed by atoms with Crippen LogP contribution in [-0.2, 0) is 5.41 Å². The highest BCUT2D eigenvalue weighted by Crippen LogP contribution is 2.46. The summed E-state index contributed by atoms with van der Waals surface area (Å²) in [5.41, 5.74) is 8.35. The number of rotatable bonds is 4. The zero-order valence-electron chi connectivity index (χ0n) is 12.9. The summed E-state index contributed by atoms with van der Waals surface area (Å²) < 4.78 is 5.49. The first-order valence-corrected chi connectivity index (χ1v) is 7.65. The minimum atomic E-state index is -0.0357. The number of phenols is 1. The third-order valence-corrected chi connectivity index (χ3v) is 4.74. The van der Waals surface area contributed by atoms with Crippen LogP contribution in [0.3, 0.4) is 0 Å². The van der Waals surface area contributed by atoms with Gasteiger partial charge < -0.3 is 15.6 Å². The Kier molecular flexibility index (Phi) is 4.59. The molecule has 0 spiro atoms. The van der Waals surface area contributed by atoms with Gasteiger partial charge in [0.1, 0.15) is 0 Å². The number of phenolic OH excluding ortho intramolecular Hbond substituents is 1. The molecule has 0 atom stereocenters. The molecular weight excluding hydrogens is 250 g/mol. The van der Waals surface area contributed by atoms with E-state index in [1.165, 1.54) is 19.3 Å². The molecule has 1 fully saturated rings. The number of methoxy groups -OCH3 is 1. The predicted octanol–water partition coefficient (Wildman–Crippen LogP) is 3.68. The van der Waals surface area contributed by atoms with E-state index in [1.807, 2.05) is 6.07 Å². The van der Waals surface area contributed by atoms with Crippen LogP contribution < -0.4 is 10.5 Å². The van der Waals surface area contributed by atoms with E-state index in [4.69, 9.17) is 10.5 Å². The number of benzene rings is 1. The molecule has 0 aromatic heterocycles. The molecule has 1 aliphatic carbocycles. The fourth-order valence-electron chi connectivity index (χ4n) is 3.39. The van der Waals surface area contributed by atoms with Gasteiger partial charge in [-0.3, -0.25) is 0 Å². The maximum absolute atomic E-state index is 10.3. The van der Waals surface area contributed by atoms with Crippen molar-refractivity contribution >= 4 is 0 Å². The van der Waals surface area contributed by atoms with Crippen LogP contribution in [-0.4, -0.2) is 18.8 Å². The first-order chi connectivity index (χ1) is 9.54. The van der Waals surface area contributed by atoms with E-state index >= 15 is 0 Å². The second-order valence-electron chi connectivity index (χ2n) is 6.32. The Morgan fingerprint density at radius 1 is 1.25 bits per heavy atom. The average Bonchev–Trinajstić information content (AvgIpc) is 2.47. The smallest absolute Gasteiger partial charge is 0.164 e. The lowest BCUT2D eigenvalue weighted by Gasteiger charge is -2.38. The Hall–Kier alpha value is -1.22. The van der Waals surface area contributed by atoms with Crippen molar-refractivity contribution in [1.82, 2.24) is 0 Å². The molecule has 112 valence electrons. The third-order valence-electron chi connectivity index (χ3n) is 4.74. The van der Waals surface area contributed by atoms with Crippen LogP contribution in [0.5, 0.6) is 11.5 Å². The maximum atomic E-state index is 10.3. The van der Waals surface area contributed by atoms with Gasteiger partial charge in [-0.1, -0.05) is 39.2 Å². The molecule has 1 aromatic rings. The van der Waals surface area contributed by atoms with Crippen molar-refractivity contribution in [2.24, 2.45) is 5.73 Å². The van der Waals surface area contributed by atoms with Crippen LogP contribution in [0.1, 0.15) is 63.0 Å². The Bertz CT molecular complexity index is 462. The zero-order chi connectivity index (χ0) is 14.8. The first kappa shape index (κ1) is 15.2. The quantitative estimate of drug-likeness (QED) is 0.882. The number of aromatic hydroxyl groups is 1. The first-order valence-electron chi connectivity index (χ1n) is 7.65. The van der Waals surface area contributed by atoms with Gasteiger partial charge in [-0.15, -0.1) is 0 Å². The van der Waals surface area contributed by atoms with E-state index in [9.17, 15) is 5.11 Å². The predicted molar refractivity (Wildman–Crippen MR) is 82.6 cm³/mol. The van der Waals surface area contributed by atoms with Crippen molar-refractivity contribution in [1.29, 1.82) is 0 Å². The summed E-state index contributed by atoms with van der Waals surface area (Å²) in [6.07, 6.45) is 5.85. The van der Waals surface area contributed by atoms with Gasteiger partial charge in [0.05, 0.1) is 7.11 Å². The molecule has 0 aliphatic heterocycles. The van der Waals surface area contributed by atoms with E-state index in [1.54, 1.807) is 7.11 Å². The molecule has 1 aromatic carbocycles. The SMILES string of the molecule is COc1c(O)cc(C(C)C)cc1C1(CN)CCCCC1. The van der Waals surface area contributed by atoms with E-state index in [0.29, 0.717) is 18.2 Å². The van der Waals surface area contributed by atoms with Gasteiger partial charge in [-0.25, -0.2) is 0 Å². The zero-order valence-corrected chi connectivity index (χ0v) is 12.9. The fraction of sp³-hybridized carbons (Fsp3) is 0.647. The topological polar surface area (TPSA) is 55.5 Å². The third kappa shape index (κ3) is 2.64. The van der Waals surface area contributed by atoms with Gasteiger partial charge in [-0.05, 0) is 30.4 Å². The van der Waals surface area contributed by atoms with Crippen LogP contribution in [0.15, 0.2) is 12.1 Å². The number of ether oxygens (including phenoxy) is 1. The standard InChI is InChI=1S/C17H27NO2/c1-12(2)13-9-14(16(20-3)15(19)10-13)17(11-18)7-5-4-6-8-17/h9-10,12,19H,4-8,11,18H2,1-3H3. The van der Waals surface area contributed by atoms with E-state index in [2.05, 4.69) is 19.9 Å². The van der Waals surface area contributed by atoms with E-state index in [-0.39, 0.29) is 11.2 Å². The Morgan fingerprint density at radius 2 is 1.90 bits per heavy atom. The molecule has 0 unspecified atom stereocenters. The Morgan fingerprint density at radius 3 is 2.40 bits per heavy atom. The van der Waals surface area contributed by atoms with Crippen LogP contribution in [0.4, 0.5) is 0 Å². The van der Waals surface area contributed by atoms with Crippen molar-refractivity contribution in [2.75, 3.05) is 13.7 Å². The van der Waals surface area contributed by atoms with E-state index < -0.39 is 0 Å². The highest BCUT2D eigenvalue weighted by molar-refractivity contribution is 5.53. The monoisotopic (exact) mass is 277 g/mol. The lowest BCUT2D eigenvalue weighted by atomic mass is 9.68. The largest absolute Gasteiger partial charge is 0.504 e. The van der Waals surface area contributed by atoms with Crippen molar-refractivity contribution in [3.63, 3.8) is 0 Å². The molecule has 3 heteroatoms. The number of hydrogen-bond acceptors (Lipinski definition) is 3. The van der Waals surface area contributed by atoms with Crippen LogP contribution >= 0.6 is 0 Å². The summed E-state index contributed by atoms with van der Waals surface area (Å²) in [6, 6.07) is 4.02. The number of hydrogen-bond donors (Lipinski definition) is 2. The van der Waals surface area contributed by atoms with Gasteiger partial charge in [0.25, 0.3) is 0 Å². The van der Waals surface area contributed by atoms with Gasteiger partial charge in [0.2, 0.25) is 0 Å². The summed E-state index contributed by atoms with van der Waals surface area (Å²) in [6.45, 7) is 4.90. The van der Waals surface area contributed by atoms with Gasteiger partial charge in [0, 0.05) is 17.5 Å². The summed E-state index contributed by atoms with van der Waals surface area (Å²) in [4.78, 5) is 0.